The molecule has 64 valence electrons. The Morgan fingerprint density at radius 1 is 1.58 bits per heavy atom. The number of carbonyl (C=O) groups is 1. The van der Waals surface area contributed by atoms with Gasteiger partial charge in [-0.3, -0.25) is 4.79 Å². The Kier molecular flexibility index (Phi) is 2.82. The zero-order valence-electron chi connectivity index (χ0n) is 6.03. The van der Waals surface area contributed by atoms with Crippen molar-refractivity contribution in [3.63, 3.8) is 0 Å². The first-order valence-electron chi connectivity index (χ1n) is 3.09. The molecule has 0 aliphatic carbocycles. The molecule has 0 bridgehead atoms. The first kappa shape index (κ1) is 8.73. The lowest BCUT2D eigenvalue weighted by atomic mass is 10.6. The highest BCUT2D eigenvalue weighted by atomic mass is 35.5. The van der Waals surface area contributed by atoms with E-state index in [-0.39, 0.29) is 17.6 Å². The van der Waals surface area contributed by atoms with Crippen molar-refractivity contribution in [2.24, 2.45) is 5.73 Å². The van der Waals surface area contributed by atoms with Crippen molar-refractivity contribution in [3.05, 3.63) is 17.3 Å². The van der Waals surface area contributed by atoms with E-state index >= 15 is 0 Å². The van der Waals surface area contributed by atoms with E-state index in [9.17, 15) is 4.79 Å². The van der Waals surface area contributed by atoms with E-state index in [0.717, 1.165) is 0 Å². The summed E-state index contributed by atoms with van der Waals surface area (Å²) in [5, 5.41) is 7.30. The molecule has 0 saturated heterocycles. The molecule has 0 radical (unpaired) electrons. The van der Waals surface area contributed by atoms with E-state index in [2.05, 4.69) is 10.2 Å². The van der Waals surface area contributed by atoms with Crippen LogP contribution in [0.1, 0.15) is 0 Å². The first-order chi connectivity index (χ1) is 5.68. The van der Waals surface area contributed by atoms with E-state index in [4.69, 9.17) is 22.1 Å². The fourth-order valence-corrected chi connectivity index (χ4v) is 0.627. The molecule has 1 aromatic rings. The summed E-state index contributed by atoms with van der Waals surface area (Å²) in [5.74, 6) is -0.343. The molecule has 12 heavy (non-hydrogen) atoms. The highest BCUT2D eigenvalue weighted by molar-refractivity contribution is 6.29. The Bertz CT molecular complexity index is 275. The van der Waals surface area contributed by atoms with Crippen LogP contribution in [0.3, 0.4) is 0 Å². The summed E-state index contributed by atoms with van der Waals surface area (Å²) in [5.41, 5.74) is 4.83. The molecule has 0 aromatic carbocycles. The first-order valence-corrected chi connectivity index (χ1v) is 3.46. The molecule has 0 atom stereocenters. The van der Waals surface area contributed by atoms with Crippen molar-refractivity contribution in [2.45, 2.75) is 0 Å². The van der Waals surface area contributed by atoms with Crippen LogP contribution in [0.15, 0.2) is 12.1 Å². The summed E-state index contributed by atoms with van der Waals surface area (Å²) in [7, 11) is 0. The SMILES string of the molecule is NC(=O)COc1ccc(Cl)nn1. The minimum absolute atomic E-state index is 0.212. The minimum atomic E-state index is -0.563. The third-order valence-corrected chi connectivity index (χ3v) is 1.17. The van der Waals surface area contributed by atoms with E-state index in [1.807, 2.05) is 0 Å². The highest BCUT2D eigenvalue weighted by Crippen LogP contribution is 2.07. The maximum absolute atomic E-state index is 10.3. The van der Waals surface area contributed by atoms with Crippen molar-refractivity contribution in [1.82, 2.24) is 10.2 Å². The Labute approximate surface area is 73.5 Å². The van der Waals surface area contributed by atoms with Crippen LogP contribution in [0.25, 0.3) is 0 Å². The standard InChI is InChI=1S/C6H6ClN3O2/c7-4-1-2-6(10-9-4)12-3-5(8)11/h1-2H,3H2,(H2,8,11). The maximum atomic E-state index is 10.3. The van der Waals surface area contributed by atoms with Crippen LogP contribution in [0.4, 0.5) is 0 Å². The van der Waals surface area contributed by atoms with Gasteiger partial charge in [-0.25, -0.2) is 0 Å². The number of carbonyl (C=O) groups excluding carboxylic acids is 1. The normalized spacial score (nSPS) is 9.42. The Morgan fingerprint density at radius 3 is 2.83 bits per heavy atom. The van der Waals surface area contributed by atoms with Gasteiger partial charge in [0, 0.05) is 6.07 Å². The van der Waals surface area contributed by atoms with Crippen molar-refractivity contribution in [3.8, 4) is 5.88 Å². The number of primary amides is 1. The number of aromatic nitrogens is 2. The van der Waals surface area contributed by atoms with E-state index in [0.29, 0.717) is 0 Å². The van der Waals surface area contributed by atoms with Crippen LogP contribution in [-0.4, -0.2) is 22.7 Å². The van der Waals surface area contributed by atoms with Crippen LogP contribution in [0.5, 0.6) is 5.88 Å². The lowest BCUT2D eigenvalue weighted by Crippen LogP contribution is -2.20. The molecule has 0 aliphatic rings. The molecule has 0 aliphatic heterocycles. The molecule has 0 saturated carbocycles. The molecule has 0 unspecified atom stereocenters. The zero-order chi connectivity index (χ0) is 8.97. The molecular weight excluding hydrogens is 182 g/mol. The van der Waals surface area contributed by atoms with Gasteiger partial charge in [-0.1, -0.05) is 11.6 Å². The van der Waals surface area contributed by atoms with Gasteiger partial charge in [0.15, 0.2) is 11.8 Å². The van der Waals surface area contributed by atoms with E-state index in [1.165, 1.54) is 12.1 Å². The number of halogens is 1. The molecule has 0 fully saturated rings. The number of hydrogen-bond donors (Lipinski definition) is 1. The lowest BCUT2D eigenvalue weighted by Gasteiger charge is -1.99. The van der Waals surface area contributed by atoms with E-state index in [1.54, 1.807) is 0 Å². The highest BCUT2D eigenvalue weighted by Gasteiger charge is 1.98. The molecule has 0 spiro atoms. The fraction of sp³-hybridized carbons (Fsp3) is 0.167. The molecular formula is C6H6ClN3O2. The van der Waals surface area contributed by atoms with Crippen molar-refractivity contribution >= 4 is 17.5 Å². The van der Waals surface area contributed by atoms with Gasteiger partial charge in [0.25, 0.3) is 5.91 Å². The lowest BCUT2D eigenvalue weighted by molar-refractivity contribution is -0.120. The average Bonchev–Trinajstić information content (AvgIpc) is 2.03. The monoisotopic (exact) mass is 187 g/mol. The zero-order valence-corrected chi connectivity index (χ0v) is 6.78. The number of amides is 1. The van der Waals surface area contributed by atoms with Crippen LogP contribution in [-0.2, 0) is 4.79 Å². The van der Waals surface area contributed by atoms with Gasteiger partial charge in [0.1, 0.15) is 0 Å². The molecule has 6 heteroatoms. The molecule has 2 N–H and O–H groups in total. The minimum Gasteiger partial charge on any atom is -0.467 e. The quantitative estimate of drug-likeness (QED) is 0.722. The summed E-state index contributed by atoms with van der Waals surface area (Å²) in [6.07, 6.45) is 0. The average molecular weight is 188 g/mol. The van der Waals surface area contributed by atoms with Crippen LogP contribution in [0, 0.1) is 0 Å². The molecule has 5 nitrogen and oxygen atoms in total. The van der Waals surface area contributed by atoms with Gasteiger partial charge in [0.2, 0.25) is 5.88 Å². The van der Waals surface area contributed by atoms with Crippen LogP contribution >= 0.6 is 11.6 Å². The van der Waals surface area contributed by atoms with Gasteiger partial charge < -0.3 is 10.5 Å². The summed E-state index contributed by atoms with van der Waals surface area (Å²) >= 11 is 5.45. The van der Waals surface area contributed by atoms with Crippen molar-refractivity contribution in [1.29, 1.82) is 0 Å². The van der Waals surface area contributed by atoms with Crippen LogP contribution in [0.2, 0.25) is 5.15 Å². The van der Waals surface area contributed by atoms with Crippen LogP contribution < -0.4 is 10.5 Å². The summed E-state index contributed by atoms with van der Waals surface area (Å²) in [6, 6.07) is 3.00. The summed E-state index contributed by atoms with van der Waals surface area (Å²) in [4.78, 5) is 10.3. The Balaban J connectivity index is 2.53. The predicted octanol–water partition coefficient (Wildman–Crippen LogP) is -0.00590. The second kappa shape index (κ2) is 3.87. The molecule has 1 aromatic heterocycles. The van der Waals surface area contributed by atoms with Gasteiger partial charge >= 0.3 is 0 Å². The second-order valence-corrected chi connectivity index (χ2v) is 2.34. The summed E-state index contributed by atoms with van der Waals surface area (Å²) in [6.45, 7) is -0.212. The summed E-state index contributed by atoms with van der Waals surface area (Å²) < 4.78 is 4.82. The smallest absolute Gasteiger partial charge is 0.255 e. The second-order valence-electron chi connectivity index (χ2n) is 1.95. The predicted molar refractivity (Wildman–Crippen MR) is 41.7 cm³/mol. The largest absolute Gasteiger partial charge is 0.467 e. The number of hydrogen-bond acceptors (Lipinski definition) is 4. The number of nitrogens with zero attached hydrogens (tertiary/aromatic N) is 2. The van der Waals surface area contributed by atoms with Gasteiger partial charge in [-0.15, -0.1) is 10.2 Å². The molecule has 1 amide bonds. The molecule has 1 heterocycles. The third kappa shape index (κ3) is 2.71. The molecule has 1 rings (SSSR count). The maximum Gasteiger partial charge on any atom is 0.255 e. The fourth-order valence-electron chi connectivity index (χ4n) is 0.526. The van der Waals surface area contributed by atoms with Gasteiger partial charge in [-0.2, -0.15) is 0 Å². The topological polar surface area (TPSA) is 78.1 Å². The van der Waals surface area contributed by atoms with Gasteiger partial charge in [-0.05, 0) is 6.07 Å². The van der Waals surface area contributed by atoms with Gasteiger partial charge in [0.05, 0.1) is 0 Å². The number of rotatable bonds is 3. The number of ether oxygens (including phenoxy) is 1. The van der Waals surface area contributed by atoms with Crippen molar-refractivity contribution in [2.75, 3.05) is 6.61 Å². The van der Waals surface area contributed by atoms with Crippen molar-refractivity contribution < 1.29 is 9.53 Å². The third-order valence-electron chi connectivity index (χ3n) is 0.970. The number of nitrogens with two attached hydrogens (primary N) is 1. The Morgan fingerprint density at radius 2 is 2.33 bits per heavy atom. The Hall–Kier alpha value is -1.36. The van der Waals surface area contributed by atoms with E-state index < -0.39 is 5.91 Å².